The van der Waals surface area contributed by atoms with E-state index in [4.69, 9.17) is 11.6 Å². The van der Waals surface area contributed by atoms with E-state index in [1.807, 2.05) is 0 Å². The van der Waals surface area contributed by atoms with Crippen LogP contribution in [0.25, 0.3) is 0 Å². The molecule has 0 spiro atoms. The number of benzene rings is 1. The Morgan fingerprint density at radius 2 is 2.18 bits per heavy atom. The lowest BCUT2D eigenvalue weighted by Crippen LogP contribution is -2.39. The maximum absolute atomic E-state index is 13.5. The van der Waals surface area contributed by atoms with Crippen LogP contribution in [0, 0.1) is 17.6 Å². The molecule has 1 aliphatic heterocycles. The highest BCUT2D eigenvalue weighted by Crippen LogP contribution is 2.23. The van der Waals surface area contributed by atoms with Crippen molar-refractivity contribution in [2.45, 2.75) is 25.3 Å². The van der Waals surface area contributed by atoms with Crippen molar-refractivity contribution in [1.82, 2.24) is 4.90 Å². The lowest BCUT2D eigenvalue weighted by atomic mass is 9.98. The van der Waals surface area contributed by atoms with Crippen LogP contribution in [-0.4, -0.2) is 23.4 Å². The van der Waals surface area contributed by atoms with Crippen molar-refractivity contribution in [2.75, 3.05) is 13.1 Å². The molecule has 0 N–H and O–H groups in total. The van der Waals surface area contributed by atoms with Gasteiger partial charge in [-0.1, -0.05) is 19.1 Å². The first-order valence-electron chi connectivity index (χ1n) is 5.87. The van der Waals surface area contributed by atoms with Crippen LogP contribution in [0.4, 0.5) is 8.78 Å². The van der Waals surface area contributed by atoms with Gasteiger partial charge < -0.3 is 0 Å². The van der Waals surface area contributed by atoms with Crippen molar-refractivity contribution in [3.8, 4) is 0 Å². The summed E-state index contributed by atoms with van der Waals surface area (Å²) in [5.74, 6) is -1.03. The fourth-order valence-corrected chi connectivity index (χ4v) is 2.46. The van der Waals surface area contributed by atoms with E-state index >= 15 is 0 Å². The van der Waals surface area contributed by atoms with Crippen LogP contribution >= 0.6 is 11.6 Å². The van der Waals surface area contributed by atoms with Crippen molar-refractivity contribution in [2.24, 2.45) is 5.92 Å². The zero-order valence-electron chi connectivity index (χ0n) is 9.80. The number of nitrogens with zero attached hydrogens (tertiary/aromatic N) is 1. The van der Waals surface area contributed by atoms with E-state index < -0.39 is 11.6 Å². The lowest BCUT2D eigenvalue weighted by Gasteiger charge is -2.33. The largest absolute Gasteiger partial charge is 0.297 e. The molecule has 17 heavy (non-hydrogen) atoms. The molecule has 1 aromatic rings. The van der Waals surface area contributed by atoms with E-state index in [2.05, 4.69) is 11.8 Å². The Kier molecular flexibility index (Phi) is 4.00. The van der Waals surface area contributed by atoms with Gasteiger partial charge in [-0.3, -0.25) is 4.90 Å². The lowest BCUT2D eigenvalue weighted by molar-refractivity contribution is 0.187. The molecule has 1 heterocycles. The smallest absolute Gasteiger partial charge is 0.163 e. The number of hydrogen-bond donors (Lipinski definition) is 0. The third-order valence-electron chi connectivity index (χ3n) is 3.38. The van der Waals surface area contributed by atoms with Crippen molar-refractivity contribution >= 4 is 11.6 Å². The Morgan fingerprint density at radius 3 is 2.88 bits per heavy atom. The quantitative estimate of drug-likeness (QED) is 0.736. The molecule has 0 amide bonds. The summed E-state index contributed by atoms with van der Waals surface area (Å²) in [4.78, 5) is 2.08. The minimum Gasteiger partial charge on any atom is -0.297 e. The Morgan fingerprint density at radius 1 is 1.41 bits per heavy atom. The molecule has 0 radical (unpaired) electrons. The normalized spacial score (nSPS) is 26.1. The van der Waals surface area contributed by atoms with Gasteiger partial charge in [0.15, 0.2) is 11.6 Å². The van der Waals surface area contributed by atoms with Crippen LogP contribution in [0.15, 0.2) is 18.2 Å². The fourth-order valence-electron chi connectivity index (χ4n) is 2.14. The van der Waals surface area contributed by atoms with Gasteiger partial charge in [0, 0.05) is 24.0 Å². The standard InChI is InChI=1S/C13H16ClF2N/c1-9-5-6-17(8-11(9)14)7-10-3-2-4-12(15)13(10)16/h2-4,9,11H,5-8H2,1H3. The van der Waals surface area contributed by atoms with Crippen LogP contribution in [0.5, 0.6) is 0 Å². The predicted molar refractivity (Wildman–Crippen MR) is 65.1 cm³/mol. The number of piperidine rings is 1. The molecular weight excluding hydrogens is 244 g/mol. The third-order valence-corrected chi connectivity index (χ3v) is 3.94. The molecule has 1 saturated heterocycles. The van der Waals surface area contributed by atoms with Crippen LogP contribution in [-0.2, 0) is 6.54 Å². The van der Waals surface area contributed by atoms with Gasteiger partial charge in [0.25, 0.3) is 0 Å². The van der Waals surface area contributed by atoms with Crippen LogP contribution in [0.3, 0.4) is 0 Å². The van der Waals surface area contributed by atoms with E-state index in [9.17, 15) is 8.78 Å². The zero-order chi connectivity index (χ0) is 12.4. The van der Waals surface area contributed by atoms with Crippen molar-refractivity contribution < 1.29 is 8.78 Å². The summed E-state index contributed by atoms with van der Waals surface area (Å²) in [7, 11) is 0. The summed E-state index contributed by atoms with van der Waals surface area (Å²) in [5, 5.41) is 0.0976. The summed E-state index contributed by atoms with van der Waals surface area (Å²) in [5.41, 5.74) is 0.406. The van der Waals surface area contributed by atoms with E-state index in [0.717, 1.165) is 25.6 Å². The van der Waals surface area contributed by atoms with Gasteiger partial charge in [0.1, 0.15) is 0 Å². The number of hydrogen-bond acceptors (Lipinski definition) is 1. The minimum absolute atomic E-state index is 0.0976. The van der Waals surface area contributed by atoms with Crippen molar-refractivity contribution in [1.29, 1.82) is 0 Å². The molecule has 0 aromatic heterocycles. The molecular formula is C13H16ClF2N. The minimum atomic E-state index is -0.782. The molecule has 2 atom stereocenters. The third kappa shape index (κ3) is 2.96. The Labute approximate surface area is 105 Å². The SMILES string of the molecule is CC1CCN(Cc2cccc(F)c2F)CC1Cl. The first kappa shape index (κ1) is 12.8. The highest BCUT2D eigenvalue weighted by atomic mass is 35.5. The van der Waals surface area contributed by atoms with Gasteiger partial charge in [0.2, 0.25) is 0 Å². The van der Waals surface area contributed by atoms with E-state index in [0.29, 0.717) is 18.0 Å². The average molecular weight is 260 g/mol. The fraction of sp³-hybridized carbons (Fsp3) is 0.538. The molecule has 2 unspecified atom stereocenters. The molecule has 0 saturated carbocycles. The highest BCUT2D eigenvalue weighted by molar-refractivity contribution is 6.21. The molecule has 0 bridgehead atoms. The molecule has 1 nitrogen and oxygen atoms in total. The second-order valence-corrected chi connectivity index (χ2v) is 5.29. The summed E-state index contributed by atoms with van der Waals surface area (Å²) in [6.07, 6.45) is 1.01. The second kappa shape index (κ2) is 5.32. The maximum atomic E-state index is 13.5. The van der Waals surface area contributed by atoms with Crippen molar-refractivity contribution in [3.05, 3.63) is 35.4 Å². The predicted octanol–water partition coefficient (Wildman–Crippen LogP) is 3.41. The van der Waals surface area contributed by atoms with Gasteiger partial charge >= 0.3 is 0 Å². The topological polar surface area (TPSA) is 3.24 Å². The van der Waals surface area contributed by atoms with Crippen LogP contribution in [0.1, 0.15) is 18.9 Å². The molecule has 4 heteroatoms. The number of halogens is 3. The van der Waals surface area contributed by atoms with Gasteiger partial charge in [-0.2, -0.15) is 0 Å². The van der Waals surface area contributed by atoms with E-state index in [-0.39, 0.29) is 5.38 Å². The van der Waals surface area contributed by atoms with Gasteiger partial charge in [-0.25, -0.2) is 8.78 Å². The number of likely N-dealkylation sites (tertiary alicyclic amines) is 1. The maximum Gasteiger partial charge on any atom is 0.163 e. The summed E-state index contributed by atoms with van der Waals surface area (Å²) < 4.78 is 26.5. The molecule has 1 fully saturated rings. The summed E-state index contributed by atoms with van der Waals surface area (Å²) in [6, 6.07) is 4.31. The first-order valence-corrected chi connectivity index (χ1v) is 6.31. The summed E-state index contributed by atoms with van der Waals surface area (Å²) in [6.45, 7) is 4.18. The first-order chi connectivity index (χ1) is 8.08. The Balaban J connectivity index is 2.04. The molecule has 2 rings (SSSR count). The van der Waals surface area contributed by atoms with Gasteiger partial charge in [-0.05, 0) is 24.9 Å². The molecule has 0 aliphatic carbocycles. The van der Waals surface area contributed by atoms with E-state index in [1.165, 1.54) is 0 Å². The monoisotopic (exact) mass is 259 g/mol. The number of alkyl halides is 1. The van der Waals surface area contributed by atoms with E-state index in [1.54, 1.807) is 12.1 Å². The zero-order valence-corrected chi connectivity index (χ0v) is 10.6. The van der Waals surface area contributed by atoms with Gasteiger partial charge in [-0.15, -0.1) is 11.6 Å². The number of rotatable bonds is 2. The van der Waals surface area contributed by atoms with Crippen LogP contribution in [0.2, 0.25) is 0 Å². The molecule has 1 aromatic carbocycles. The summed E-state index contributed by atoms with van der Waals surface area (Å²) >= 11 is 6.19. The average Bonchev–Trinajstić information content (AvgIpc) is 2.30. The van der Waals surface area contributed by atoms with Crippen molar-refractivity contribution in [3.63, 3.8) is 0 Å². The highest BCUT2D eigenvalue weighted by Gasteiger charge is 2.25. The van der Waals surface area contributed by atoms with Gasteiger partial charge in [0.05, 0.1) is 0 Å². The molecule has 1 aliphatic rings. The second-order valence-electron chi connectivity index (χ2n) is 4.73. The Bertz CT molecular complexity index is 397. The van der Waals surface area contributed by atoms with Crippen LogP contribution < -0.4 is 0 Å². The molecule has 94 valence electrons. The Hall–Kier alpha value is -0.670.